The van der Waals surface area contributed by atoms with Crippen molar-refractivity contribution < 1.29 is 5.11 Å². The van der Waals surface area contributed by atoms with Crippen LogP contribution in [0.3, 0.4) is 0 Å². The fourth-order valence-electron chi connectivity index (χ4n) is 2.88. The van der Waals surface area contributed by atoms with Crippen molar-refractivity contribution in [1.82, 2.24) is 0 Å². The number of nitrogens with zero attached hydrogens (tertiary/aromatic N) is 1. The van der Waals surface area contributed by atoms with Crippen molar-refractivity contribution in [2.24, 2.45) is 11.7 Å². The molecule has 0 saturated carbocycles. The molecule has 0 amide bonds. The summed E-state index contributed by atoms with van der Waals surface area (Å²) in [5.41, 5.74) is 9.17. The first-order valence-corrected chi connectivity index (χ1v) is 7.24. The van der Waals surface area contributed by atoms with E-state index in [2.05, 4.69) is 17.9 Å². The third-order valence-electron chi connectivity index (χ3n) is 4.04. The number of rotatable bonds is 3. The molecular weight excluding hydrogens is 256 g/mol. The number of aryl methyl sites for hydroxylation is 1. The average Bonchev–Trinajstić information content (AvgIpc) is 2.38. The van der Waals surface area contributed by atoms with Gasteiger partial charge in [-0.25, -0.2) is 0 Å². The Kier molecular flexibility index (Phi) is 4.42. The van der Waals surface area contributed by atoms with Crippen LogP contribution in [0.2, 0.25) is 0 Å². The summed E-state index contributed by atoms with van der Waals surface area (Å²) in [4.78, 5) is 2.80. The molecule has 1 atom stereocenters. The first-order chi connectivity index (χ1) is 9.00. The molecule has 1 heterocycles. The monoisotopic (exact) mass is 278 g/mol. The molecule has 104 valence electrons. The molecule has 3 nitrogen and oxygen atoms in total. The number of hydrogen-bond acceptors (Lipinski definition) is 3. The summed E-state index contributed by atoms with van der Waals surface area (Å²) in [5, 5.41) is 9.67. The predicted molar refractivity (Wildman–Crippen MR) is 83.7 cm³/mol. The van der Waals surface area contributed by atoms with Crippen molar-refractivity contribution in [3.8, 4) is 0 Å². The van der Waals surface area contributed by atoms with Crippen LogP contribution < -0.4 is 10.6 Å². The molecule has 3 N–H and O–H groups in total. The third kappa shape index (κ3) is 3.07. The second kappa shape index (κ2) is 5.88. The standard InChI is InChI=1S/C15H22N2OS/c1-10-4-3-5-13(15(16)19)14(10)17-8-6-12(7-9-17)11(2)18/h3-5,11-12,18H,6-9H2,1-2H3,(H2,16,19). The summed E-state index contributed by atoms with van der Waals surface area (Å²) >= 11 is 5.15. The minimum Gasteiger partial charge on any atom is -0.393 e. The second-order valence-electron chi connectivity index (χ2n) is 5.40. The predicted octanol–water partition coefficient (Wildman–Crippen LogP) is 2.23. The van der Waals surface area contributed by atoms with Crippen molar-refractivity contribution in [3.05, 3.63) is 29.3 Å². The molecule has 0 aromatic heterocycles. The normalized spacial score (nSPS) is 18.4. The van der Waals surface area contributed by atoms with Gasteiger partial charge in [-0.2, -0.15) is 0 Å². The lowest BCUT2D eigenvalue weighted by Crippen LogP contribution is -2.38. The van der Waals surface area contributed by atoms with Crippen molar-refractivity contribution >= 4 is 22.9 Å². The number of aliphatic hydroxyl groups is 1. The van der Waals surface area contributed by atoms with E-state index in [1.165, 1.54) is 11.3 Å². The van der Waals surface area contributed by atoms with Gasteiger partial charge in [0.1, 0.15) is 4.99 Å². The fraction of sp³-hybridized carbons (Fsp3) is 0.533. The number of piperidine rings is 1. The average molecular weight is 278 g/mol. The van der Waals surface area contributed by atoms with Crippen LogP contribution in [0.5, 0.6) is 0 Å². The molecule has 4 heteroatoms. The van der Waals surface area contributed by atoms with Gasteiger partial charge in [0.05, 0.1) is 6.10 Å². The van der Waals surface area contributed by atoms with E-state index in [1.807, 2.05) is 19.1 Å². The van der Waals surface area contributed by atoms with Crippen molar-refractivity contribution in [2.45, 2.75) is 32.8 Å². The Bertz CT molecular complexity index is 465. The van der Waals surface area contributed by atoms with Gasteiger partial charge in [0.2, 0.25) is 0 Å². The zero-order chi connectivity index (χ0) is 14.0. The maximum Gasteiger partial charge on any atom is 0.106 e. The second-order valence-corrected chi connectivity index (χ2v) is 5.84. The van der Waals surface area contributed by atoms with Gasteiger partial charge in [0, 0.05) is 24.3 Å². The van der Waals surface area contributed by atoms with Crippen LogP contribution in [0, 0.1) is 12.8 Å². The molecule has 2 rings (SSSR count). The van der Waals surface area contributed by atoms with Crippen LogP contribution in [0.1, 0.15) is 30.9 Å². The van der Waals surface area contributed by atoms with Crippen LogP contribution in [-0.4, -0.2) is 29.3 Å². The molecule has 1 aliphatic heterocycles. The highest BCUT2D eigenvalue weighted by Crippen LogP contribution is 2.30. The Balaban J connectivity index is 2.22. The van der Waals surface area contributed by atoms with Gasteiger partial charge in [0.15, 0.2) is 0 Å². The van der Waals surface area contributed by atoms with E-state index < -0.39 is 0 Å². The van der Waals surface area contributed by atoms with Crippen LogP contribution in [-0.2, 0) is 0 Å². The fourth-order valence-corrected chi connectivity index (χ4v) is 3.05. The Hall–Kier alpha value is -1.13. The van der Waals surface area contributed by atoms with Gasteiger partial charge in [-0.3, -0.25) is 0 Å². The maximum absolute atomic E-state index is 9.67. The highest BCUT2D eigenvalue weighted by atomic mass is 32.1. The van der Waals surface area contributed by atoms with Gasteiger partial charge in [-0.1, -0.05) is 24.4 Å². The number of anilines is 1. The molecule has 1 aromatic rings. The van der Waals surface area contributed by atoms with E-state index >= 15 is 0 Å². The molecule has 19 heavy (non-hydrogen) atoms. The lowest BCUT2D eigenvalue weighted by molar-refractivity contribution is 0.110. The van der Waals surface area contributed by atoms with Crippen LogP contribution in [0.4, 0.5) is 5.69 Å². The summed E-state index contributed by atoms with van der Waals surface area (Å²) in [5.74, 6) is 0.411. The van der Waals surface area contributed by atoms with Gasteiger partial charge < -0.3 is 15.7 Å². The molecule has 1 saturated heterocycles. The topological polar surface area (TPSA) is 49.5 Å². The van der Waals surface area contributed by atoms with Gasteiger partial charge in [-0.05, 0) is 44.2 Å². The van der Waals surface area contributed by atoms with Gasteiger partial charge in [-0.15, -0.1) is 0 Å². The molecule has 1 unspecified atom stereocenters. The van der Waals surface area contributed by atoms with E-state index in [9.17, 15) is 5.11 Å². The zero-order valence-electron chi connectivity index (χ0n) is 11.6. The van der Waals surface area contributed by atoms with Crippen LogP contribution >= 0.6 is 12.2 Å². The molecule has 0 bridgehead atoms. The van der Waals surface area contributed by atoms with Crippen LogP contribution in [0.15, 0.2) is 18.2 Å². The molecule has 1 fully saturated rings. The minimum atomic E-state index is -0.214. The number of nitrogens with two attached hydrogens (primary N) is 1. The number of aliphatic hydroxyl groups excluding tert-OH is 1. The summed E-state index contributed by atoms with van der Waals surface area (Å²) in [7, 11) is 0. The number of para-hydroxylation sites is 1. The Morgan fingerprint density at radius 1 is 1.42 bits per heavy atom. The number of thiocarbonyl (C=S) groups is 1. The van der Waals surface area contributed by atoms with E-state index in [0.29, 0.717) is 10.9 Å². The Morgan fingerprint density at radius 3 is 2.58 bits per heavy atom. The molecule has 0 aliphatic carbocycles. The van der Waals surface area contributed by atoms with E-state index in [0.717, 1.165) is 31.5 Å². The lowest BCUT2D eigenvalue weighted by atomic mass is 9.91. The highest BCUT2D eigenvalue weighted by molar-refractivity contribution is 7.80. The summed E-state index contributed by atoms with van der Waals surface area (Å²) in [6.45, 7) is 5.89. The van der Waals surface area contributed by atoms with Crippen molar-refractivity contribution in [1.29, 1.82) is 0 Å². The summed E-state index contributed by atoms with van der Waals surface area (Å²) in [6, 6.07) is 6.08. The van der Waals surface area contributed by atoms with Crippen molar-refractivity contribution in [3.63, 3.8) is 0 Å². The van der Waals surface area contributed by atoms with Gasteiger partial charge in [0.25, 0.3) is 0 Å². The van der Waals surface area contributed by atoms with Crippen molar-refractivity contribution in [2.75, 3.05) is 18.0 Å². The quantitative estimate of drug-likeness (QED) is 0.833. The Labute approximate surface area is 120 Å². The lowest BCUT2D eigenvalue weighted by Gasteiger charge is -2.36. The molecular formula is C15H22N2OS. The van der Waals surface area contributed by atoms with Crippen LogP contribution in [0.25, 0.3) is 0 Å². The zero-order valence-corrected chi connectivity index (χ0v) is 12.4. The first kappa shape index (κ1) is 14.3. The van der Waals surface area contributed by atoms with E-state index in [4.69, 9.17) is 18.0 Å². The largest absolute Gasteiger partial charge is 0.393 e. The molecule has 0 radical (unpaired) electrons. The van der Waals surface area contributed by atoms with E-state index in [1.54, 1.807) is 0 Å². The molecule has 1 aromatic carbocycles. The molecule has 0 spiro atoms. The Morgan fingerprint density at radius 2 is 2.05 bits per heavy atom. The highest BCUT2D eigenvalue weighted by Gasteiger charge is 2.25. The SMILES string of the molecule is Cc1cccc(C(N)=S)c1N1CCC(C(C)O)CC1. The number of hydrogen-bond donors (Lipinski definition) is 2. The number of benzene rings is 1. The smallest absolute Gasteiger partial charge is 0.106 e. The maximum atomic E-state index is 9.67. The van der Waals surface area contributed by atoms with Gasteiger partial charge >= 0.3 is 0 Å². The third-order valence-corrected chi connectivity index (χ3v) is 4.26. The first-order valence-electron chi connectivity index (χ1n) is 6.83. The summed E-state index contributed by atoms with van der Waals surface area (Å²) < 4.78 is 0. The summed E-state index contributed by atoms with van der Waals surface area (Å²) in [6.07, 6.45) is 1.82. The minimum absolute atomic E-state index is 0.214. The molecule has 1 aliphatic rings. The van der Waals surface area contributed by atoms with E-state index in [-0.39, 0.29) is 6.10 Å².